The van der Waals surface area contributed by atoms with Crippen molar-refractivity contribution in [2.45, 2.75) is 49.6 Å². The highest BCUT2D eigenvalue weighted by Gasteiger charge is 2.27. The molecule has 0 aromatic heterocycles. The van der Waals surface area contributed by atoms with Gasteiger partial charge in [0.25, 0.3) is 0 Å². The zero-order valence-corrected chi connectivity index (χ0v) is 15.9. The van der Waals surface area contributed by atoms with Gasteiger partial charge >= 0.3 is 0 Å². The van der Waals surface area contributed by atoms with Crippen LogP contribution in [-0.2, 0) is 29.4 Å². The van der Waals surface area contributed by atoms with Crippen molar-refractivity contribution >= 4 is 21.7 Å². The highest BCUT2D eigenvalue weighted by molar-refractivity contribution is 7.89. The Bertz CT molecular complexity index is 964. The molecule has 1 fully saturated rings. The third kappa shape index (κ3) is 4.48. The molecule has 0 spiro atoms. The molecule has 0 atom stereocenters. The van der Waals surface area contributed by atoms with Crippen LogP contribution in [0, 0.1) is 0 Å². The van der Waals surface area contributed by atoms with Crippen molar-refractivity contribution < 1.29 is 8.42 Å². The minimum absolute atomic E-state index is 0.101. The summed E-state index contributed by atoms with van der Waals surface area (Å²) in [6.45, 7) is 0.389. The Morgan fingerprint density at radius 3 is 2.56 bits per heavy atom. The van der Waals surface area contributed by atoms with Crippen molar-refractivity contribution in [2.24, 2.45) is 10.7 Å². The van der Waals surface area contributed by atoms with E-state index in [-0.39, 0.29) is 10.9 Å². The number of hydrogen-bond acceptors (Lipinski definition) is 3. The number of aryl methyl sites for hydroxylation is 2. The number of rotatable bonds is 6. The van der Waals surface area contributed by atoms with E-state index < -0.39 is 10.0 Å². The Labute approximate surface area is 159 Å². The second kappa shape index (κ2) is 7.32. The average molecular weight is 385 g/mol. The highest BCUT2D eigenvalue weighted by Crippen LogP contribution is 2.25. The Morgan fingerprint density at radius 2 is 1.81 bits per heavy atom. The van der Waals surface area contributed by atoms with E-state index in [1.54, 1.807) is 24.3 Å². The fraction of sp³-hybridized carbons (Fsp3) is 0.350. The minimum Gasteiger partial charge on any atom is -0.370 e. The van der Waals surface area contributed by atoms with Crippen LogP contribution in [0.15, 0.2) is 52.4 Å². The molecule has 0 saturated heterocycles. The Balaban J connectivity index is 1.37. The summed E-state index contributed by atoms with van der Waals surface area (Å²) in [6.07, 6.45) is 5.32. The molecule has 0 aliphatic heterocycles. The van der Waals surface area contributed by atoms with Gasteiger partial charge in [-0.15, -0.1) is 0 Å². The van der Waals surface area contributed by atoms with Gasteiger partial charge in [0.2, 0.25) is 10.0 Å². The summed E-state index contributed by atoms with van der Waals surface area (Å²) in [6, 6.07) is 13.2. The summed E-state index contributed by atoms with van der Waals surface area (Å²) in [7, 11) is -3.41. The summed E-state index contributed by atoms with van der Waals surface area (Å²) >= 11 is 0. The molecular formula is C20H24N4O2S. The van der Waals surface area contributed by atoms with Gasteiger partial charge in [-0.1, -0.05) is 18.2 Å². The van der Waals surface area contributed by atoms with E-state index in [1.807, 2.05) is 6.07 Å². The van der Waals surface area contributed by atoms with Gasteiger partial charge < -0.3 is 11.1 Å². The lowest BCUT2D eigenvalue weighted by molar-refractivity contribution is 0.581. The number of hydrogen-bond donors (Lipinski definition) is 3. The molecule has 0 unspecified atom stereocenters. The first-order valence-electron chi connectivity index (χ1n) is 9.30. The number of sulfonamides is 1. The maximum atomic E-state index is 12.2. The minimum atomic E-state index is -3.41. The summed E-state index contributed by atoms with van der Waals surface area (Å²) in [4.78, 5) is 4.64. The van der Waals surface area contributed by atoms with Crippen LogP contribution in [-0.4, -0.2) is 20.4 Å². The molecule has 4 N–H and O–H groups in total. The van der Waals surface area contributed by atoms with Crippen molar-refractivity contribution in [1.82, 2.24) is 4.72 Å². The Hall–Kier alpha value is -2.38. The first-order valence-corrected chi connectivity index (χ1v) is 10.8. The molecule has 0 amide bonds. The van der Waals surface area contributed by atoms with Crippen molar-refractivity contribution in [2.75, 3.05) is 5.32 Å². The second-order valence-corrected chi connectivity index (χ2v) is 8.92. The molecule has 27 heavy (non-hydrogen) atoms. The molecule has 2 aromatic carbocycles. The third-order valence-electron chi connectivity index (χ3n) is 4.94. The van der Waals surface area contributed by atoms with Crippen LogP contribution in [0.5, 0.6) is 0 Å². The fourth-order valence-electron chi connectivity index (χ4n) is 3.28. The van der Waals surface area contributed by atoms with Crippen molar-refractivity contribution in [1.29, 1.82) is 0 Å². The smallest absolute Gasteiger partial charge is 0.240 e. The van der Waals surface area contributed by atoms with Crippen LogP contribution in [0.4, 0.5) is 5.69 Å². The van der Waals surface area contributed by atoms with Crippen molar-refractivity contribution in [3.63, 3.8) is 0 Å². The number of aliphatic imine (C=N–C) groups is 1. The molecule has 2 aliphatic rings. The number of benzene rings is 2. The van der Waals surface area contributed by atoms with Gasteiger partial charge in [0.05, 0.1) is 11.4 Å². The molecule has 142 valence electrons. The summed E-state index contributed by atoms with van der Waals surface area (Å²) in [5, 5.41) is 3.13. The van der Waals surface area contributed by atoms with Crippen molar-refractivity contribution in [3.8, 4) is 0 Å². The molecule has 1 saturated carbocycles. The summed E-state index contributed by atoms with van der Waals surface area (Å²) in [5.41, 5.74) is 10.6. The Kier molecular flexibility index (Phi) is 4.88. The standard InChI is InChI=1S/C20H24N4O2S/c21-20(23-18-7-6-15-2-1-3-16(15)12-18)22-13-14-4-10-19(11-5-14)27(25,26)24-17-8-9-17/h4-7,10-12,17,24H,1-3,8-9,13H2,(H3,21,22,23). The van der Waals surface area contributed by atoms with E-state index in [0.29, 0.717) is 12.5 Å². The van der Waals surface area contributed by atoms with Crippen LogP contribution in [0.3, 0.4) is 0 Å². The first kappa shape index (κ1) is 18.0. The number of nitrogens with two attached hydrogens (primary N) is 1. The van der Waals surface area contributed by atoms with E-state index in [4.69, 9.17) is 5.73 Å². The number of fused-ring (bicyclic) bond motifs is 1. The predicted octanol–water partition coefficient (Wildman–Crippen LogP) is 2.54. The number of nitrogens with zero attached hydrogens (tertiary/aromatic N) is 1. The topological polar surface area (TPSA) is 96.6 Å². The average Bonchev–Trinajstić information content (AvgIpc) is 3.32. The molecule has 0 radical (unpaired) electrons. The lowest BCUT2D eigenvalue weighted by atomic mass is 10.1. The molecule has 6 nitrogen and oxygen atoms in total. The van der Waals surface area contributed by atoms with E-state index >= 15 is 0 Å². The molecular weight excluding hydrogens is 360 g/mol. The number of guanidine groups is 1. The first-order chi connectivity index (χ1) is 13.0. The van der Waals surface area contributed by atoms with E-state index in [0.717, 1.165) is 36.9 Å². The van der Waals surface area contributed by atoms with Gasteiger partial charge in [0.15, 0.2) is 5.96 Å². The van der Waals surface area contributed by atoms with Crippen LogP contribution in [0.1, 0.15) is 36.0 Å². The van der Waals surface area contributed by atoms with Gasteiger partial charge in [0, 0.05) is 11.7 Å². The van der Waals surface area contributed by atoms with E-state index in [2.05, 4.69) is 27.2 Å². The maximum absolute atomic E-state index is 12.2. The van der Waals surface area contributed by atoms with Crippen LogP contribution in [0.25, 0.3) is 0 Å². The molecule has 4 rings (SSSR count). The summed E-state index contributed by atoms with van der Waals surface area (Å²) < 4.78 is 27.0. The largest absolute Gasteiger partial charge is 0.370 e. The van der Waals surface area contributed by atoms with Crippen molar-refractivity contribution in [3.05, 3.63) is 59.2 Å². The van der Waals surface area contributed by atoms with E-state index in [9.17, 15) is 8.42 Å². The van der Waals surface area contributed by atoms with Gasteiger partial charge in [-0.05, 0) is 73.1 Å². The number of anilines is 1. The van der Waals surface area contributed by atoms with Gasteiger partial charge in [-0.2, -0.15) is 0 Å². The maximum Gasteiger partial charge on any atom is 0.240 e. The van der Waals surface area contributed by atoms with Gasteiger partial charge in [-0.3, -0.25) is 0 Å². The van der Waals surface area contributed by atoms with Gasteiger partial charge in [0.1, 0.15) is 0 Å². The van der Waals surface area contributed by atoms with E-state index in [1.165, 1.54) is 17.5 Å². The normalized spacial score (nSPS) is 17.0. The molecule has 0 bridgehead atoms. The molecule has 0 heterocycles. The van der Waals surface area contributed by atoms with Crippen LogP contribution >= 0.6 is 0 Å². The monoisotopic (exact) mass is 384 g/mol. The lowest BCUT2D eigenvalue weighted by Crippen LogP contribution is -2.25. The predicted molar refractivity (Wildman–Crippen MR) is 107 cm³/mol. The molecule has 2 aliphatic carbocycles. The Morgan fingerprint density at radius 1 is 1.07 bits per heavy atom. The number of nitrogens with one attached hydrogen (secondary N) is 2. The third-order valence-corrected chi connectivity index (χ3v) is 6.47. The quantitative estimate of drug-likeness (QED) is 0.527. The SMILES string of the molecule is NC(=NCc1ccc(S(=O)(=O)NC2CC2)cc1)Nc1ccc2c(c1)CCC2. The highest BCUT2D eigenvalue weighted by atomic mass is 32.2. The van der Waals surface area contributed by atoms with Crippen LogP contribution < -0.4 is 15.8 Å². The second-order valence-electron chi connectivity index (χ2n) is 7.20. The summed E-state index contributed by atoms with van der Waals surface area (Å²) in [5.74, 6) is 0.347. The van der Waals surface area contributed by atoms with Gasteiger partial charge in [-0.25, -0.2) is 18.1 Å². The zero-order valence-electron chi connectivity index (χ0n) is 15.1. The molecule has 2 aromatic rings. The zero-order chi connectivity index (χ0) is 18.9. The fourth-order valence-corrected chi connectivity index (χ4v) is 4.58. The molecule has 7 heteroatoms. The van der Waals surface area contributed by atoms with Crippen LogP contribution in [0.2, 0.25) is 0 Å². The lowest BCUT2D eigenvalue weighted by Gasteiger charge is -2.08.